The number of aromatic nitrogens is 4. The van der Waals surface area contributed by atoms with Gasteiger partial charge in [-0.2, -0.15) is 18.4 Å². The van der Waals surface area contributed by atoms with Crippen LogP contribution in [0.25, 0.3) is 22.6 Å². The van der Waals surface area contributed by atoms with Gasteiger partial charge in [0.1, 0.15) is 29.8 Å². The molecule has 0 bridgehead atoms. The number of halogens is 3. The average Bonchev–Trinajstić information content (AvgIpc) is 3.41. The average molecular weight is 411 g/mol. The van der Waals surface area contributed by atoms with Crippen molar-refractivity contribution >= 4 is 0 Å². The van der Waals surface area contributed by atoms with E-state index in [-0.39, 0.29) is 29.3 Å². The molecule has 0 fully saturated rings. The van der Waals surface area contributed by atoms with E-state index < -0.39 is 11.7 Å². The molecule has 0 unspecified atom stereocenters. The molecule has 0 saturated carbocycles. The standard InChI is InChI=1S/C20H12F3N5O2/c21-20(22,23)14-6-13(19-17(10-24)25-28-26-19)7-16(8-14)29-11-15-9-18(30-27-15)12-4-2-1-3-5-12/h1-9H,11H2,(H,25,26,28). The summed E-state index contributed by atoms with van der Waals surface area (Å²) < 4.78 is 50.8. The van der Waals surface area contributed by atoms with Gasteiger partial charge in [-0.15, -0.1) is 5.10 Å². The van der Waals surface area contributed by atoms with Crippen LogP contribution in [0.3, 0.4) is 0 Å². The summed E-state index contributed by atoms with van der Waals surface area (Å²) in [6.45, 7) is -0.110. The first-order chi connectivity index (χ1) is 14.4. The van der Waals surface area contributed by atoms with E-state index in [9.17, 15) is 13.2 Å². The number of benzene rings is 2. The predicted molar refractivity (Wildman–Crippen MR) is 97.8 cm³/mol. The molecule has 0 spiro atoms. The first kappa shape index (κ1) is 19.2. The van der Waals surface area contributed by atoms with Crippen molar-refractivity contribution < 1.29 is 22.4 Å². The zero-order chi connectivity index (χ0) is 21.1. The van der Waals surface area contributed by atoms with Gasteiger partial charge in [0.15, 0.2) is 11.5 Å². The van der Waals surface area contributed by atoms with Gasteiger partial charge in [0.2, 0.25) is 0 Å². The van der Waals surface area contributed by atoms with Crippen LogP contribution in [-0.4, -0.2) is 20.6 Å². The largest absolute Gasteiger partial charge is 0.487 e. The maximum absolute atomic E-state index is 13.3. The third-order valence-electron chi connectivity index (χ3n) is 4.17. The zero-order valence-corrected chi connectivity index (χ0v) is 15.1. The first-order valence-electron chi connectivity index (χ1n) is 8.61. The van der Waals surface area contributed by atoms with Crippen molar-refractivity contribution in [2.75, 3.05) is 0 Å². The molecule has 0 radical (unpaired) electrons. The van der Waals surface area contributed by atoms with Gasteiger partial charge in [0, 0.05) is 17.2 Å². The summed E-state index contributed by atoms with van der Waals surface area (Å²) in [6.07, 6.45) is -4.61. The number of nitriles is 1. The molecule has 0 aliphatic rings. The monoisotopic (exact) mass is 411 g/mol. The number of hydrogen-bond donors (Lipinski definition) is 1. The van der Waals surface area contributed by atoms with Crippen LogP contribution in [0.4, 0.5) is 13.2 Å². The minimum absolute atomic E-state index is 0.00116. The number of H-pyrrole nitrogens is 1. The van der Waals surface area contributed by atoms with Crippen molar-refractivity contribution in [1.29, 1.82) is 5.26 Å². The molecule has 1 N–H and O–H groups in total. The fraction of sp³-hybridized carbons (Fsp3) is 0.100. The first-order valence-corrected chi connectivity index (χ1v) is 8.61. The summed E-state index contributed by atoms with van der Waals surface area (Å²) in [5.74, 6) is 0.455. The lowest BCUT2D eigenvalue weighted by Gasteiger charge is -2.12. The normalized spacial score (nSPS) is 11.3. The Morgan fingerprint density at radius 1 is 1.07 bits per heavy atom. The summed E-state index contributed by atoms with van der Waals surface area (Å²) in [5.41, 5.74) is 0.285. The Bertz CT molecular complexity index is 1210. The number of ether oxygens (including phenoxy) is 1. The highest BCUT2D eigenvalue weighted by atomic mass is 19.4. The SMILES string of the molecule is N#Cc1[nH]nnc1-c1cc(OCc2cc(-c3ccccc3)on2)cc(C(F)(F)F)c1. The van der Waals surface area contributed by atoms with Crippen molar-refractivity contribution in [1.82, 2.24) is 20.6 Å². The van der Waals surface area contributed by atoms with Gasteiger partial charge in [-0.25, -0.2) is 5.10 Å². The van der Waals surface area contributed by atoms with Crippen LogP contribution >= 0.6 is 0 Å². The molecule has 2 aromatic heterocycles. The zero-order valence-electron chi connectivity index (χ0n) is 15.1. The van der Waals surface area contributed by atoms with Gasteiger partial charge < -0.3 is 9.26 Å². The minimum atomic E-state index is -4.61. The highest BCUT2D eigenvalue weighted by molar-refractivity contribution is 5.67. The summed E-state index contributed by atoms with van der Waals surface area (Å²) in [4.78, 5) is 0. The third kappa shape index (κ3) is 4.00. The Morgan fingerprint density at radius 2 is 1.87 bits per heavy atom. The van der Waals surface area contributed by atoms with Crippen LogP contribution in [0.5, 0.6) is 5.75 Å². The van der Waals surface area contributed by atoms with Crippen LogP contribution < -0.4 is 4.74 Å². The fourth-order valence-electron chi connectivity index (χ4n) is 2.77. The molecule has 2 heterocycles. The molecule has 0 saturated heterocycles. The third-order valence-corrected chi connectivity index (χ3v) is 4.17. The Balaban J connectivity index is 1.60. The van der Waals surface area contributed by atoms with E-state index in [4.69, 9.17) is 14.5 Å². The topological polar surface area (TPSA) is 101 Å². The van der Waals surface area contributed by atoms with Gasteiger partial charge in [0.05, 0.1) is 5.56 Å². The number of rotatable bonds is 5. The van der Waals surface area contributed by atoms with E-state index >= 15 is 0 Å². The number of aromatic amines is 1. The minimum Gasteiger partial charge on any atom is -0.487 e. The molecule has 0 aliphatic heterocycles. The molecule has 30 heavy (non-hydrogen) atoms. The van der Waals surface area contributed by atoms with Crippen molar-refractivity contribution in [3.63, 3.8) is 0 Å². The second kappa shape index (κ2) is 7.71. The lowest BCUT2D eigenvalue weighted by Crippen LogP contribution is -2.06. The van der Waals surface area contributed by atoms with Crippen molar-refractivity contribution in [2.24, 2.45) is 0 Å². The van der Waals surface area contributed by atoms with E-state index in [1.54, 1.807) is 12.1 Å². The molecule has 150 valence electrons. The Kier molecular flexibility index (Phi) is 4.93. The maximum atomic E-state index is 13.3. The highest BCUT2D eigenvalue weighted by Crippen LogP contribution is 2.36. The molecule has 0 aliphatic carbocycles. The summed E-state index contributed by atoms with van der Waals surface area (Å²) in [5, 5.41) is 22.5. The Morgan fingerprint density at radius 3 is 2.60 bits per heavy atom. The van der Waals surface area contributed by atoms with E-state index in [0.29, 0.717) is 11.5 Å². The summed E-state index contributed by atoms with van der Waals surface area (Å²) >= 11 is 0. The smallest absolute Gasteiger partial charge is 0.416 e. The molecular formula is C20H12F3N5O2. The fourth-order valence-corrected chi connectivity index (χ4v) is 2.77. The highest BCUT2D eigenvalue weighted by Gasteiger charge is 2.32. The maximum Gasteiger partial charge on any atom is 0.416 e. The van der Waals surface area contributed by atoms with Gasteiger partial charge >= 0.3 is 6.18 Å². The molecule has 0 amide bonds. The molecular weight excluding hydrogens is 399 g/mol. The van der Waals surface area contributed by atoms with E-state index in [1.807, 2.05) is 30.3 Å². The molecule has 0 atom stereocenters. The molecule has 7 nitrogen and oxygen atoms in total. The van der Waals surface area contributed by atoms with Crippen molar-refractivity contribution in [3.8, 4) is 34.4 Å². The van der Waals surface area contributed by atoms with E-state index in [0.717, 1.165) is 17.7 Å². The predicted octanol–water partition coefficient (Wildman–Crippen LogP) is 4.60. The van der Waals surface area contributed by atoms with Crippen LogP contribution in [0.15, 0.2) is 59.1 Å². The molecule has 4 rings (SSSR count). The lowest BCUT2D eigenvalue weighted by molar-refractivity contribution is -0.137. The van der Waals surface area contributed by atoms with Crippen LogP contribution in [0.2, 0.25) is 0 Å². The number of nitrogens with one attached hydrogen (secondary N) is 1. The Hall–Kier alpha value is -4.13. The van der Waals surface area contributed by atoms with Gasteiger partial charge in [0.25, 0.3) is 0 Å². The van der Waals surface area contributed by atoms with Gasteiger partial charge in [-0.3, -0.25) is 0 Å². The van der Waals surface area contributed by atoms with Crippen molar-refractivity contribution in [3.05, 3.63) is 71.5 Å². The van der Waals surface area contributed by atoms with Crippen molar-refractivity contribution in [2.45, 2.75) is 12.8 Å². The quantitative estimate of drug-likeness (QED) is 0.515. The van der Waals surface area contributed by atoms with Gasteiger partial charge in [-0.05, 0) is 18.2 Å². The number of nitrogens with zero attached hydrogens (tertiary/aromatic N) is 4. The van der Waals surface area contributed by atoms with Crippen LogP contribution in [0, 0.1) is 11.3 Å². The Labute approximate surface area is 167 Å². The number of hydrogen-bond acceptors (Lipinski definition) is 6. The van der Waals surface area contributed by atoms with E-state index in [2.05, 4.69) is 20.6 Å². The molecule has 2 aromatic carbocycles. The molecule has 10 heteroatoms. The summed E-state index contributed by atoms with van der Waals surface area (Å²) in [6, 6.07) is 15.8. The van der Waals surface area contributed by atoms with Crippen LogP contribution in [-0.2, 0) is 12.8 Å². The van der Waals surface area contributed by atoms with Gasteiger partial charge in [-0.1, -0.05) is 40.7 Å². The number of alkyl halides is 3. The lowest BCUT2D eigenvalue weighted by atomic mass is 10.1. The van der Waals surface area contributed by atoms with Crippen LogP contribution in [0.1, 0.15) is 17.0 Å². The second-order valence-electron chi connectivity index (χ2n) is 6.23. The molecule has 4 aromatic rings. The summed E-state index contributed by atoms with van der Waals surface area (Å²) in [7, 11) is 0. The van der Waals surface area contributed by atoms with E-state index in [1.165, 1.54) is 6.07 Å². The second-order valence-corrected chi connectivity index (χ2v) is 6.23.